The van der Waals surface area contributed by atoms with Gasteiger partial charge in [-0.05, 0) is 43.2 Å². The molecule has 1 aromatic carbocycles. The molecule has 0 unspecified atom stereocenters. The minimum atomic E-state index is 0.950. The fraction of sp³-hybridized carbons (Fsp3) is 0.111. The van der Waals surface area contributed by atoms with Gasteiger partial charge in [0.15, 0.2) is 0 Å². The number of allylic oxidation sites excluding steroid dienone is 2. The number of aromatic amines is 1. The molecule has 3 aromatic rings. The summed E-state index contributed by atoms with van der Waals surface area (Å²) in [6.45, 7) is 4.17. The zero-order valence-corrected chi connectivity index (χ0v) is 12.2. The Balaban J connectivity index is 1.90. The molecule has 0 aliphatic carbocycles. The standard InChI is InChI=1S/C18H17N3/c1-3-13(2)14-4-6-15(7-5-14)17-12-18(21-20-17)16-8-10-19-11-9-16/h3-12H,1-2H3,(H,20,21). The van der Waals surface area contributed by atoms with E-state index in [0.29, 0.717) is 0 Å². The second-order valence-electron chi connectivity index (χ2n) is 4.95. The number of H-pyrrole nitrogens is 1. The van der Waals surface area contributed by atoms with Gasteiger partial charge in [-0.15, -0.1) is 0 Å². The third-order valence-electron chi connectivity index (χ3n) is 3.64. The van der Waals surface area contributed by atoms with E-state index < -0.39 is 0 Å². The molecule has 0 saturated carbocycles. The van der Waals surface area contributed by atoms with Gasteiger partial charge in [-0.1, -0.05) is 30.3 Å². The van der Waals surface area contributed by atoms with Crippen LogP contribution in [-0.2, 0) is 0 Å². The van der Waals surface area contributed by atoms with Gasteiger partial charge in [0.05, 0.1) is 11.4 Å². The van der Waals surface area contributed by atoms with Gasteiger partial charge in [0.25, 0.3) is 0 Å². The fourth-order valence-corrected chi connectivity index (χ4v) is 2.22. The fourth-order valence-electron chi connectivity index (χ4n) is 2.22. The maximum Gasteiger partial charge on any atom is 0.0927 e. The molecule has 3 rings (SSSR count). The molecule has 104 valence electrons. The Morgan fingerprint density at radius 3 is 2.38 bits per heavy atom. The summed E-state index contributed by atoms with van der Waals surface area (Å²) in [6.07, 6.45) is 5.68. The summed E-state index contributed by atoms with van der Waals surface area (Å²) in [5.74, 6) is 0. The normalized spacial score (nSPS) is 11.6. The zero-order valence-electron chi connectivity index (χ0n) is 12.2. The maximum atomic E-state index is 4.40. The van der Waals surface area contributed by atoms with Crippen LogP contribution in [-0.4, -0.2) is 15.2 Å². The third kappa shape index (κ3) is 2.77. The molecule has 0 aliphatic heterocycles. The van der Waals surface area contributed by atoms with E-state index in [4.69, 9.17) is 0 Å². The molecule has 0 spiro atoms. The molecule has 0 bridgehead atoms. The molecule has 21 heavy (non-hydrogen) atoms. The van der Waals surface area contributed by atoms with E-state index in [9.17, 15) is 0 Å². The van der Waals surface area contributed by atoms with Crippen molar-refractivity contribution in [3.8, 4) is 22.5 Å². The minimum Gasteiger partial charge on any atom is -0.277 e. The lowest BCUT2D eigenvalue weighted by Gasteiger charge is -2.02. The predicted molar refractivity (Wildman–Crippen MR) is 86.6 cm³/mol. The molecule has 0 radical (unpaired) electrons. The van der Waals surface area contributed by atoms with Crippen molar-refractivity contribution in [2.45, 2.75) is 13.8 Å². The summed E-state index contributed by atoms with van der Waals surface area (Å²) in [4.78, 5) is 4.03. The molecule has 0 amide bonds. The van der Waals surface area contributed by atoms with Crippen molar-refractivity contribution in [2.75, 3.05) is 0 Å². The van der Waals surface area contributed by atoms with E-state index in [0.717, 1.165) is 22.5 Å². The number of pyridine rings is 1. The summed E-state index contributed by atoms with van der Waals surface area (Å²) in [5.41, 5.74) is 6.67. The van der Waals surface area contributed by atoms with Gasteiger partial charge in [0.1, 0.15) is 0 Å². The van der Waals surface area contributed by atoms with Crippen molar-refractivity contribution < 1.29 is 0 Å². The number of hydrogen-bond acceptors (Lipinski definition) is 2. The Morgan fingerprint density at radius 2 is 1.71 bits per heavy atom. The summed E-state index contributed by atoms with van der Waals surface area (Å²) in [7, 11) is 0. The van der Waals surface area contributed by atoms with Gasteiger partial charge >= 0.3 is 0 Å². The van der Waals surface area contributed by atoms with E-state index in [2.05, 4.69) is 65.4 Å². The highest BCUT2D eigenvalue weighted by molar-refractivity contribution is 5.70. The van der Waals surface area contributed by atoms with Crippen LogP contribution >= 0.6 is 0 Å². The Bertz CT molecular complexity index is 753. The van der Waals surface area contributed by atoms with Gasteiger partial charge in [0, 0.05) is 23.5 Å². The number of nitrogens with zero attached hydrogens (tertiary/aromatic N) is 2. The van der Waals surface area contributed by atoms with Crippen LogP contribution in [0.15, 0.2) is 60.9 Å². The van der Waals surface area contributed by atoms with Crippen LogP contribution in [0.5, 0.6) is 0 Å². The largest absolute Gasteiger partial charge is 0.277 e. The van der Waals surface area contributed by atoms with Gasteiger partial charge in [-0.3, -0.25) is 10.1 Å². The van der Waals surface area contributed by atoms with E-state index in [1.807, 2.05) is 12.1 Å². The molecule has 0 fully saturated rings. The van der Waals surface area contributed by atoms with Crippen molar-refractivity contribution >= 4 is 5.57 Å². The molecular weight excluding hydrogens is 258 g/mol. The molecule has 0 atom stereocenters. The molecule has 1 N–H and O–H groups in total. The Kier molecular flexibility index (Phi) is 3.65. The van der Waals surface area contributed by atoms with Crippen LogP contribution in [0.4, 0.5) is 0 Å². The first-order valence-electron chi connectivity index (χ1n) is 6.97. The van der Waals surface area contributed by atoms with Crippen LogP contribution in [0.2, 0.25) is 0 Å². The van der Waals surface area contributed by atoms with Crippen molar-refractivity contribution in [1.82, 2.24) is 15.2 Å². The second-order valence-corrected chi connectivity index (χ2v) is 4.95. The number of rotatable bonds is 3. The van der Waals surface area contributed by atoms with E-state index in [-0.39, 0.29) is 0 Å². The van der Waals surface area contributed by atoms with Crippen molar-refractivity contribution in [1.29, 1.82) is 0 Å². The van der Waals surface area contributed by atoms with E-state index in [1.54, 1.807) is 12.4 Å². The predicted octanol–water partition coefficient (Wildman–Crippen LogP) is 4.56. The molecule has 3 nitrogen and oxygen atoms in total. The molecule has 2 aromatic heterocycles. The Hall–Kier alpha value is -2.68. The third-order valence-corrected chi connectivity index (χ3v) is 3.64. The van der Waals surface area contributed by atoms with E-state index in [1.165, 1.54) is 11.1 Å². The summed E-state index contributed by atoms with van der Waals surface area (Å²) >= 11 is 0. The van der Waals surface area contributed by atoms with E-state index >= 15 is 0 Å². The Morgan fingerprint density at radius 1 is 1.00 bits per heavy atom. The summed E-state index contributed by atoms with van der Waals surface area (Å²) in [6, 6.07) is 14.5. The average molecular weight is 275 g/mol. The smallest absolute Gasteiger partial charge is 0.0927 e. The highest BCUT2D eigenvalue weighted by Gasteiger charge is 2.06. The van der Waals surface area contributed by atoms with Crippen molar-refractivity contribution in [3.05, 3.63) is 66.5 Å². The molecule has 2 heterocycles. The summed E-state index contributed by atoms with van der Waals surface area (Å²) in [5, 5.41) is 7.48. The quantitative estimate of drug-likeness (QED) is 0.761. The maximum absolute atomic E-state index is 4.40. The lowest BCUT2D eigenvalue weighted by molar-refractivity contribution is 1.10. The van der Waals surface area contributed by atoms with Gasteiger partial charge in [-0.2, -0.15) is 5.10 Å². The lowest BCUT2D eigenvalue weighted by atomic mass is 10.0. The topological polar surface area (TPSA) is 41.6 Å². The van der Waals surface area contributed by atoms with Crippen molar-refractivity contribution in [2.24, 2.45) is 0 Å². The number of hydrogen-bond donors (Lipinski definition) is 1. The Labute approximate surface area is 124 Å². The first kappa shape index (κ1) is 13.3. The molecule has 3 heteroatoms. The first-order chi connectivity index (χ1) is 10.3. The highest BCUT2D eigenvalue weighted by atomic mass is 15.1. The van der Waals surface area contributed by atoms with Gasteiger partial charge < -0.3 is 0 Å². The van der Waals surface area contributed by atoms with Gasteiger partial charge in [-0.25, -0.2) is 0 Å². The minimum absolute atomic E-state index is 0.950. The molecular formula is C18H17N3. The number of aromatic nitrogens is 3. The highest BCUT2D eigenvalue weighted by Crippen LogP contribution is 2.24. The summed E-state index contributed by atoms with van der Waals surface area (Å²) < 4.78 is 0. The van der Waals surface area contributed by atoms with Crippen LogP contribution in [0.1, 0.15) is 19.4 Å². The van der Waals surface area contributed by atoms with Crippen LogP contribution in [0, 0.1) is 0 Å². The average Bonchev–Trinajstić information content (AvgIpc) is 3.05. The monoisotopic (exact) mass is 275 g/mol. The SMILES string of the molecule is CC=C(C)c1ccc(-c2cc(-c3ccncc3)[nH]n2)cc1. The zero-order chi connectivity index (χ0) is 14.7. The number of benzene rings is 1. The number of nitrogens with one attached hydrogen (secondary N) is 1. The van der Waals surface area contributed by atoms with Crippen LogP contribution in [0.3, 0.4) is 0 Å². The van der Waals surface area contributed by atoms with Gasteiger partial charge in [0.2, 0.25) is 0 Å². The lowest BCUT2D eigenvalue weighted by Crippen LogP contribution is -1.81. The second kappa shape index (κ2) is 5.75. The molecule has 0 saturated heterocycles. The first-order valence-corrected chi connectivity index (χ1v) is 6.97. The molecule has 0 aliphatic rings. The van der Waals surface area contributed by atoms with Crippen LogP contribution < -0.4 is 0 Å². The van der Waals surface area contributed by atoms with Crippen molar-refractivity contribution in [3.63, 3.8) is 0 Å². The van der Waals surface area contributed by atoms with Crippen LogP contribution in [0.25, 0.3) is 28.1 Å².